The van der Waals surface area contributed by atoms with Crippen LogP contribution in [0.2, 0.25) is 0 Å². The average Bonchev–Trinajstić information content (AvgIpc) is 2.30. The third kappa shape index (κ3) is 4.07. The van der Waals surface area contributed by atoms with Gasteiger partial charge in [0.25, 0.3) is 0 Å². The molecule has 0 spiro atoms. The standard InChI is InChI=1S/C10H22N2O/c1-9(6-11)7-12-4-3-5-13-10(2)8-12/h9-10H,3-8,11H2,1-2H3. The van der Waals surface area contributed by atoms with E-state index in [9.17, 15) is 0 Å². The van der Waals surface area contributed by atoms with E-state index in [4.69, 9.17) is 10.5 Å². The van der Waals surface area contributed by atoms with Crippen molar-refractivity contribution in [2.75, 3.05) is 32.8 Å². The maximum absolute atomic E-state index is 5.61. The molecule has 1 aliphatic rings. The zero-order chi connectivity index (χ0) is 9.68. The quantitative estimate of drug-likeness (QED) is 0.705. The van der Waals surface area contributed by atoms with Gasteiger partial charge in [-0.3, -0.25) is 0 Å². The largest absolute Gasteiger partial charge is 0.377 e. The predicted molar refractivity (Wildman–Crippen MR) is 54.7 cm³/mol. The van der Waals surface area contributed by atoms with Crippen LogP contribution in [0, 0.1) is 5.92 Å². The number of hydrogen-bond donors (Lipinski definition) is 1. The first kappa shape index (κ1) is 11.0. The third-order valence-electron chi connectivity index (χ3n) is 2.51. The maximum atomic E-state index is 5.61. The molecule has 1 saturated heterocycles. The van der Waals surface area contributed by atoms with Gasteiger partial charge >= 0.3 is 0 Å². The van der Waals surface area contributed by atoms with Gasteiger partial charge in [0.1, 0.15) is 0 Å². The fourth-order valence-electron chi connectivity index (χ4n) is 1.76. The molecule has 0 aromatic heterocycles. The summed E-state index contributed by atoms with van der Waals surface area (Å²) in [6.45, 7) is 9.38. The number of nitrogens with two attached hydrogens (primary N) is 1. The fourth-order valence-corrected chi connectivity index (χ4v) is 1.76. The molecular weight excluding hydrogens is 164 g/mol. The second kappa shape index (κ2) is 5.58. The Morgan fingerprint density at radius 3 is 3.08 bits per heavy atom. The molecule has 0 amide bonds. The van der Waals surface area contributed by atoms with Crippen molar-refractivity contribution in [2.45, 2.75) is 26.4 Å². The van der Waals surface area contributed by atoms with Crippen molar-refractivity contribution in [2.24, 2.45) is 11.7 Å². The second-order valence-corrected chi connectivity index (χ2v) is 4.14. The Hall–Kier alpha value is -0.120. The van der Waals surface area contributed by atoms with Crippen LogP contribution < -0.4 is 5.73 Å². The van der Waals surface area contributed by atoms with Crippen LogP contribution in [0.15, 0.2) is 0 Å². The van der Waals surface area contributed by atoms with Crippen molar-refractivity contribution in [3.05, 3.63) is 0 Å². The van der Waals surface area contributed by atoms with Crippen molar-refractivity contribution in [1.29, 1.82) is 0 Å². The number of ether oxygens (including phenoxy) is 1. The van der Waals surface area contributed by atoms with Crippen LogP contribution in [0.5, 0.6) is 0 Å². The van der Waals surface area contributed by atoms with E-state index < -0.39 is 0 Å². The molecule has 2 atom stereocenters. The predicted octanol–water partition coefficient (Wildman–Crippen LogP) is 0.692. The van der Waals surface area contributed by atoms with Gasteiger partial charge in [0.2, 0.25) is 0 Å². The van der Waals surface area contributed by atoms with Gasteiger partial charge in [0.15, 0.2) is 0 Å². The van der Waals surface area contributed by atoms with E-state index >= 15 is 0 Å². The molecule has 1 heterocycles. The Kier molecular flexibility index (Phi) is 4.70. The van der Waals surface area contributed by atoms with E-state index in [1.165, 1.54) is 0 Å². The molecule has 3 heteroatoms. The van der Waals surface area contributed by atoms with Gasteiger partial charge in [0, 0.05) is 26.2 Å². The van der Waals surface area contributed by atoms with E-state index in [2.05, 4.69) is 18.7 Å². The normalized spacial score (nSPS) is 28.4. The van der Waals surface area contributed by atoms with Crippen LogP contribution in [0.1, 0.15) is 20.3 Å². The van der Waals surface area contributed by atoms with Crippen molar-refractivity contribution >= 4 is 0 Å². The summed E-state index contributed by atoms with van der Waals surface area (Å²) in [6.07, 6.45) is 1.54. The maximum Gasteiger partial charge on any atom is 0.0673 e. The zero-order valence-corrected chi connectivity index (χ0v) is 8.83. The highest BCUT2D eigenvalue weighted by molar-refractivity contribution is 4.69. The molecule has 2 N–H and O–H groups in total. The Balaban J connectivity index is 2.30. The van der Waals surface area contributed by atoms with Crippen LogP contribution in [-0.4, -0.2) is 43.8 Å². The van der Waals surface area contributed by atoms with Crippen LogP contribution >= 0.6 is 0 Å². The van der Waals surface area contributed by atoms with Gasteiger partial charge in [-0.05, 0) is 25.8 Å². The molecule has 78 valence electrons. The highest BCUT2D eigenvalue weighted by Gasteiger charge is 2.16. The van der Waals surface area contributed by atoms with Gasteiger partial charge in [-0.15, -0.1) is 0 Å². The molecule has 0 aromatic rings. The summed E-state index contributed by atoms with van der Waals surface area (Å²) in [7, 11) is 0. The monoisotopic (exact) mass is 186 g/mol. The number of hydrogen-bond acceptors (Lipinski definition) is 3. The van der Waals surface area contributed by atoms with Crippen molar-refractivity contribution in [1.82, 2.24) is 4.90 Å². The lowest BCUT2D eigenvalue weighted by molar-refractivity contribution is 0.0660. The molecule has 0 radical (unpaired) electrons. The minimum atomic E-state index is 0.382. The molecule has 0 bridgehead atoms. The first-order valence-electron chi connectivity index (χ1n) is 5.26. The highest BCUT2D eigenvalue weighted by Crippen LogP contribution is 2.07. The highest BCUT2D eigenvalue weighted by atomic mass is 16.5. The van der Waals surface area contributed by atoms with Gasteiger partial charge in [-0.1, -0.05) is 6.92 Å². The first-order chi connectivity index (χ1) is 6.22. The van der Waals surface area contributed by atoms with Gasteiger partial charge < -0.3 is 15.4 Å². The Morgan fingerprint density at radius 2 is 2.38 bits per heavy atom. The van der Waals surface area contributed by atoms with Crippen LogP contribution in [0.4, 0.5) is 0 Å². The molecule has 3 nitrogen and oxygen atoms in total. The zero-order valence-electron chi connectivity index (χ0n) is 8.83. The first-order valence-corrected chi connectivity index (χ1v) is 5.26. The summed E-state index contributed by atoms with van der Waals surface area (Å²) >= 11 is 0. The fraction of sp³-hybridized carbons (Fsp3) is 1.00. The van der Waals surface area contributed by atoms with Crippen molar-refractivity contribution < 1.29 is 4.74 Å². The van der Waals surface area contributed by atoms with E-state index in [1.807, 2.05) is 0 Å². The topological polar surface area (TPSA) is 38.5 Å². The number of nitrogens with zero attached hydrogens (tertiary/aromatic N) is 1. The number of rotatable bonds is 3. The molecule has 1 rings (SSSR count). The average molecular weight is 186 g/mol. The molecule has 2 unspecified atom stereocenters. The lowest BCUT2D eigenvalue weighted by Crippen LogP contribution is -2.35. The Bertz CT molecular complexity index is 141. The summed E-state index contributed by atoms with van der Waals surface area (Å²) in [4.78, 5) is 2.47. The summed E-state index contributed by atoms with van der Waals surface area (Å²) < 4.78 is 5.58. The summed E-state index contributed by atoms with van der Waals surface area (Å²) in [5.41, 5.74) is 5.61. The SMILES string of the molecule is CC(CN)CN1CCCOC(C)C1. The van der Waals surface area contributed by atoms with E-state index in [-0.39, 0.29) is 0 Å². The molecular formula is C10H22N2O. The lowest BCUT2D eigenvalue weighted by Gasteiger charge is -2.24. The van der Waals surface area contributed by atoms with E-state index in [0.717, 1.165) is 39.2 Å². The Morgan fingerprint density at radius 1 is 1.62 bits per heavy atom. The van der Waals surface area contributed by atoms with E-state index in [1.54, 1.807) is 0 Å². The van der Waals surface area contributed by atoms with Gasteiger partial charge in [0.05, 0.1) is 6.10 Å². The van der Waals surface area contributed by atoms with Gasteiger partial charge in [-0.2, -0.15) is 0 Å². The van der Waals surface area contributed by atoms with Crippen molar-refractivity contribution in [3.8, 4) is 0 Å². The molecule has 1 fully saturated rings. The molecule has 0 aromatic carbocycles. The summed E-state index contributed by atoms with van der Waals surface area (Å²) in [5, 5.41) is 0. The van der Waals surface area contributed by atoms with Crippen molar-refractivity contribution in [3.63, 3.8) is 0 Å². The van der Waals surface area contributed by atoms with Crippen LogP contribution in [0.25, 0.3) is 0 Å². The minimum absolute atomic E-state index is 0.382. The molecule has 13 heavy (non-hydrogen) atoms. The smallest absolute Gasteiger partial charge is 0.0673 e. The lowest BCUT2D eigenvalue weighted by atomic mass is 10.1. The third-order valence-corrected chi connectivity index (χ3v) is 2.51. The van der Waals surface area contributed by atoms with Gasteiger partial charge in [-0.25, -0.2) is 0 Å². The molecule has 1 aliphatic heterocycles. The summed E-state index contributed by atoms with van der Waals surface area (Å²) in [6, 6.07) is 0. The Labute approximate surface area is 81.2 Å². The van der Waals surface area contributed by atoms with Crippen LogP contribution in [0.3, 0.4) is 0 Å². The second-order valence-electron chi connectivity index (χ2n) is 4.14. The summed E-state index contributed by atoms with van der Waals surface area (Å²) in [5.74, 6) is 0.602. The molecule has 0 aliphatic carbocycles. The van der Waals surface area contributed by atoms with E-state index in [0.29, 0.717) is 12.0 Å². The minimum Gasteiger partial charge on any atom is -0.377 e. The molecule has 0 saturated carbocycles. The van der Waals surface area contributed by atoms with Crippen LogP contribution in [-0.2, 0) is 4.74 Å².